The fourth-order valence-corrected chi connectivity index (χ4v) is 5.27. The van der Waals surface area contributed by atoms with Crippen molar-refractivity contribution in [3.05, 3.63) is 94.3 Å². The summed E-state index contributed by atoms with van der Waals surface area (Å²) in [6, 6.07) is 17.8. The van der Waals surface area contributed by atoms with Crippen LogP contribution in [0, 0.1) is 5.82 Å². The Morgan fingerprint density at radius 1 is 1.08 bits per heavy atom. The molecule has 3 aromatic rings. The van der Waals surface area contributed by atoms with Gasteiger partial charge in [0.05, 0.1) is 15.5 Å². The van der Waals surface area contributed by atoms with E-state index in [1.807, 2.05) is 6.07 Å². The number of carboxylic acids is 1. The second-order valence-corrected chi connectivity index (χ2v) is 10.7. The van der Waals surface area contributed by atoms with Gasteiger partial charge in [0.1, 0.15) is 5.82 Å². The van der Waals surface area contributed by atoms with Crippen LogP contribution in [0.4, 0.5) is 10.1 Å². The quantitative estimate of drug-likeness (QED) is 0.296. The Kier molecular flexibility index (Phi) is 9.48. The number of nitrogens with one attached hydrogen (secondary N) is 1. The van der Waals surface area contributed by atoms with Gasteiger partial charge in [-0.15, -0.1) is 0 Å². The topological polar surface area (TPSA) is 86.7 Å². The van der Waals surface area contributed by atoms with E-state index >= 15 is 0 Å². The minimum absolute atomic E-state index is 0.0135. The van der Waals surface area contributed by atoms with Crippen LogP contribution in [0.2, 0.25) is 5.02 Å². The maximum absolute atomic E-state index is 13.4. The second kappa shape index (κ2) is 12.3. The molecule has 0 radical (unpaired) electrons. The maximum Gasteiger partial charge on any atom is 0.335 e. The summed E-state index contributed by atoms with van der Waals surface area (Å²) in [4.78, 5) is 13.5. The van der Waals surface area contributed by atoms with Gasteiger partial charge in [0.2, 0.25) is 10.0 Å². The van der Waals surface area contributed by atoms with Crippen LogP contribution in [0.15, 0.2) is 71.6 Å². The Hall–Kier alpha value is -2.94. The Balaban J connectivity index is 1.78. The van der Waals surface area contributed by atoms with Crippen molar-refractivity contribution in [1.82, 2.24) is 4.72 Å². The monoisotopic (exact) mass is 532 g/mol. The molecule has 2 N–H and O–H groups in total. The zero-order valence-corrected chi connectivity index (χ0v) is 21.8. The van der Waals surface area contributed by atoms with E-state index in [2.05, 4.69) is 23.5 Å². The standard InChI is InChI=1S/C27H30ClFN2O4S/c1-3-14-31(23-11-9-21(10-12-23)27(32)33)18-20(4-2)22-6-5-7-24(16-22)36(34,35)30-17-19-8-13-26(29)25(28)15-19/h5-13,15-16,20,30H,3-4,14,17-18H2,1-2H3,(H,32,33). The highest BCUT2D eigenvalue weighted by atomic mass is 35.5. The van der Waals surface area contributed by atoms with Gasteiger partial charge in [-0.1, -0.05) is 43.6 Å². The fourth-order valence-electron chi connectivity index (χ4n) is 3.99. The number of hydrogen-bond acceptors (Lipinski definition) is 4. The van der Waals surface area contributed by atoms with Crippen molar-refractivity contribution in [1.29, 1.82) is 0 Å². The summed E-state index contributed by atoms with van der Waals surface area (Å²) >= 11 is 5.80. The van der Waals surface area contributed by atoms with E-state index in [0.717, 1.165) is 30.6 Å². The molecule has 192 valence electrons. The highest BCUT2D eigenvalue weighted by Crippen LogP contribution is 2.27. The Morgan fingerprint density at radius 2 is 1.81 bits per heavy atom. The van der Waals surface area contributed by atoms with Crippen molar-refractivity contribution in [2.75, 3.05) is 18.0 Å². The van der Waals surface area contributed by atoms with Gasteiger partial charge in [-0.25, -0.2) is 22.3 Å². The summed E-state index contributed by atoms with van der Waals surface area (Å²) in [6.07, 6.45) is 1.70. The van der Waals surface area contributed by atoms with Crippen molar-refractivity contribution >= 4 is 33.3 Å². The number of carbonyl (C=O) groups is 1. The van der Waals surface area contributed by atoms with Gasteiger partial charge in [-0.3, -0.25) is 0 Å². The van der Waals surface area contributed by atoms with Crippen LogP contribution < -0.4 is 9.62 Å². The fraction of sp³-hybridized carbons (Fsp3) is 0.296. The van der Waals surface area contributed by atoms with Crippen molar-refractivity contribution < 1.29 is 22.7 Å². The molecule has 0 spiro atoms. The van der Waals surface area contributed by atoms with E-state index in [1.165, 1.54) is 18.2 Å². The lowest BCUT2D eigenvalue weighted by atomic mass is 9.95. The molecule has 1 atom stereocenters. The molecule has 0 aliphatic heterocycles. The molecule has 0 aromatic heterocycles. The number of halogens is 2. The molecule has 3 aromatic carbocycles. The summed E-state index contributed by atoms with van der Waals surface area (Å²) in [7, 11) is -3.81. The number of rotatable bonds is 12. The van der Waals surface area contributed by atoms with Crippen LogP contribution in [-0.4, -0.2) is 32.6 Å². The molecule has 3 rings (SSSR count). The molecule has 0 aliphatic rings. The lowest BCUT2D eigenvalue weighted by Gasteiger charge is -2.29. The van der Waals surface area contributed by atoms with Gasteiger partial charge in [-0.2, -0.15) is 0 Å². The molecule has 0 bridgehead atoms. The van der Waals surface area contributed by atoms with Crippen LogP contribution >= 0.6 is 11.6 Å². The molecule has 0 heterocycles. The van der Waals surface area contributed by atoms with Crippen molar-refractivity contribution in [2.24, 2.45) is 0 Å². The first-order valence-corrected chi connectivity index (χ1v) is 13.6. The van der Waals surface area contributed by atoms with Crippen molar-refractivity contribution in [3.8, 4) is 0 Å². The largest absolute Gasteiger partial charge is 0.478 e. The SMILES string of the molecule is CCCN(CC(CC)c1cccc(S(=O)(=O)NCc2ccc(F)c(Cl)c2)c1)c1ccc(C(=O)O)cc1. The number of carboxylic acid groups (broad SMARTS) is 1. The highest BCUT2D eigenvalue weighted by Gasteiger charge is 2.20. The van der Waals surface area contributed by atoms with E-state index < -0.39 is 21.8 Å². The van der Waals surface area contributed by atoms with E-state index in [1.54, 1.807) is 42.5 Å². The van der Waals surface area contributed by atoms with Crippen LogP contribution in [0.25, 0.3) is 0 Å². The molecule has 0 saturated heterocycles. The summed E-state index contributed by atoms with van der Waals surface area (Å²) in [6.45, 7) is 5.55. The third kappa shape index (κ3) is 7.06. The first kappa shape index (κ1) is 27.6. The summed E-state index contributed by atoms with van der Waals surface area (Å²) in [5.74, 6) is -1.47. The number of benzene rings is 3. The van der Waals surface area contributed by atoms with E-state index in [9.17, 15) is 22.7 Å². The zero-order valence-electron chi connectivity index (χ0n) is 20.2. The minimum Gasteiger partial charge on any atom is -0.478 e. The Labute approximate surface area is 216 Å². The molecular weight excluding hydrogens is 503 g/mol. The molecule has 0 fully saturated rings. The van der Waals surface area contributed by atoms with Crippen molar-refractivity contribution in [2.45, 2.75) is 44.0 Å². The lowest BCUT2D eigenvalue weighted by Crippen LogP contribution is -2.29. The molecule has 36 heavy (non-hydrogen) atoms. The predicted octanol–water partition coefficient (Wildman–Crippen LogP) is 6.07. The molecule has 1 unspecified atom stereocenters. The molecule has 0 saturated carbocycles. The van der Waals surface area contributed by atoms with E-state index in [0.29, 0.717) is 12.1 Å². The van der Waals surface area contributed by atoms with Crippen LogP contribution in [0.5, 0.6) is 0 Å². The smallest absolute Gasteiger partial charge is 0.335 e. The summed E-state index contributed by atoms with van der Waals surface area (Å²) in [5, 5.41) is 9.12. The van der Waals surface area contributed by atoms with Gasteiger partial charge < -0.3 is 10.0 Å². The van der Waals surface area contributed by atoms with Gasteiger partial charge in [0, 0.05) is 31.2 Å². The zero-order chi connectivity index (χ0) is 26.3. The Morgan fingerprint density at radius 3 is 2.42 bits per heavy atom. The molecule has 6 nitrogen and oxygen atoms in total. The molecular formula is C27H30ClFN2O4S. The lowest BCUT2D eigenvalue weighted by molar-refractivity contribution is 0.0697. The Bertz CT molecular complexity index is 1300. The third-order valence-corrected chi connectivity index (χ3v) is 7.69. The highest BCUT2D eigenvalue weighted by molar-refractivity contribution is 7.89. The van der Waals surface area contributed by atoms with Gasteiger partial charge in [0.15, 0.2) is 0 Å². The van der Waals surface area contributed by atoms with Crippen LogP contribution in [0.1, 0.15) is 54.1 Å². The normalized spacial score (nSPS) is 12.3. The minimum atomic E-state index is -3.81. The maximum atomic E-state index is 13.4. The second-order valence-electron chi connectivity index (χ2n) is 8.55. The number of anilines is 1. The van der Waals surface area contributed by atoms with Crippen LogP contribution in [-0.2, 0) is 16.6 Å². The van der Waals surface area contributed by atoms with Gasteiger partial charge in [0.25, 0.3) is 0 Å². The summed E-state index contributed by atoms with van der Waals surface area (Å²) < 4.78 is 41.9. The van der Waals surface area contributed by atoms with Crippen molar-refractivity contribution in [3.63, 3.8) is 0 Å². The summed E-state index contributed by atoms with van der Waals surface area (Å²) in [5.41, 5.74) is 2.60. The van der Waals surface area contributed by atoms with Gasteiger partial charge in [-0.05, 0) is 72.5 Å². The van der Waals surface area contributed by atoms with E-state index in [-0.39, 0.29) is 27.9 Å². The molecule has 9 heteroatoms. The molecule has 0 amide bonds. The first-order valence-electron chi connectivity index (χ1n) is 11.8. The number of sulfonamides is 1. The first-order chi connectivity index (χ1) is 17.1. The number of nitrogens with zero attached hydrogens (tertiary/aromatic N) is 1. The molecule has 0 aliphatic carbocycles. The van der Waals surface area contributed by atoms with Crippen LogP contribution in [0.3, 0.4) is 0 Å². The number of hydrogen-bond donors (Lipinski definition) is 2. The third-order valence-electron chi connectivity index (χ3n) is 6.00. The predicted molar refractivity (Wildman–Crippen MR) is 141 cm³/mol. The van der Waals surface area contributed by atoms with E-state index in [4.69, 9.17) is 11.6 Å². The average molecular weight is 533 g/mol. The number of aromatic carboxylic acids is 1. The van der Waals surface area contributed by atoms with Gasteiger partial charge >= 0.3 is 5.97 Å². The average Bonchev–Trinajstić information content (AvgIpc) is 2.87.